The van der Waals surface area contributed by atoms with Crippen molar-refractivity contribution in [3.63, 3.8) is 0 Å². The van der Waals surface area contributed by atoms with Crippen LogP contribution in [-0.4, -0.2) is 46.5 Å². The highest BCUT2D eigenvalue weighted by Crippen LogP contribution is 2.37. The summed E-state index contributed by atoms with van der Waals surface area (Å²) in [4.78, 5) is 21.6. The summed E-state index contributed by atoms with van der Waals surface area (Å²) in [7, 11) is 3.08. The Morgan fingerprint density at radius 1 is 1.00 bits per heavy atom. The Morgan fingerprint density at radius 3 is 2.54 bits per heavy atom. The number of carbonyl (C=O) groups is 1. The minimum atomic E-state index is -0.683. The number of methoxy groups -OCH3 is 2. The number of aryl methyl sites for hydroxylation is 1. The first-order valence-corrected chi connectivity index (χ1v) is 12.8. The summed E-state index contributed by atoms with van der Waals surface area (Å²) in [6.07, 6.45) is 6.68. The van der Waals surface area contributed by atoms with Gasteiger partial charge >= 0.3 is 0 Å². The summed E-state index contributed by atoms with van der Waals surface area (Å²) in [6.45, 7) is 4.51. The molecule has 10 nitrogen and oxygen atoms in total. The highest BCUT2D eigenvalue weighted by molar-refractivity contribution is 6.04. The molecule has 2 aromatic carbocycles. The van der Waals surface area contributed by atoms with Crippen LogP contribution in [-0.2, 0) is 6.54 Å². The van der Waals surface area contributed by atoms with Crippen LogP contribution < -0.4 is 24.3 Å². The van der Waals surface area contributed by atoms with Crippen molar-refractivity contribution in [3.05, 3.63) is 89.9 Å². The molecule has 0 unspecified atom stereocenters. The molecule has 1 amide bonds. The molecule has 0 aliphatic rings. The number of nitrogens with zero attached hydrogens (tertiary/aromatic N) is 4. The van der Waals surface area contributed by atoms with E-state index < -0.39 is 11.7 Å². The van der Waals surface area contributed by atoms with E-state index in [2.05, 4.69) is 20.4 Å². The van der Waals surface area contributed by atoms with Gasteiger partial charge < -0.3 is 24.3 Å². The Morgan fingerprint density at radius 2 is 1.80 bits per heavy atom. The van der Waals surface area contributed by atoms with E-state index in [1.165, 1.54) is 19.2 Å². The number of anilines is 1. The number of ether oxygens (including phenoxy) is 4. The molecule has 5 rings (SSSR count). The zero-order valence-corrected chi connectivity index (χ0v) is 23.0. The van der Waals surface area contributed by atoms with Crippen LogP contribution in [0.3, 0.4) is 0 Å². The van der Waals surface area contributed by atoms with Crippen molar-refractivity contribution >= 4 is 22.5 Å². The van der Waals surface area contributed by atoms with E-state index in [0.717, 1.165) is 11.1 Å². The Balaban J connectivity index is 1.35. The number of aromatic nitrogens is 4. The standard InChI is InChI=1S/C30H28FN5O5/c1-5-40-28-17-36(16-19-15-32-10-8-18(19)2)35-29(28)30(37)34-23-7-6-20(12-22(23)31)41-25-9-11-33-24-14-27(39-4)26(38-3)13-21(24)25/h6-15,17H,5,16H2,1-4H3,(H,34,37). The lowest BCUT2D eigenvalue weighted by Crippen LogP contribution is -2.15. The predicted octanol–water partition coefficient (Wildman–Crippen LogP) is 5.78. The van der Waals surface area contributed by atoms with Gasteiger partial charge in [-0.2, -0.15) is 5.10 Å². The number of rotatable bonds is 10. The number of benzene rings is 2. The molecule has 0 spiro atoms. The smallest absolute Gasteiger partial charge is 0.280 e. The maximum atomic E-state index is 15.1. The quantitative estimate of drug-likeness (QED) is 0.230. The molecule has 0 saturated heterocycles. The summed E-state index contributed by atoms with van der Waals surface area (Å²) >= 11 is 0. The molecule has 0 radical (unpaired) electrons. The second kappa shape index (κ2) is 11.9. The third-order valence-electron chi connectivity index (χ3n) is 6.35. The molecule has 0 bridgehead atoms. The Bertz CT molecular complexity index is 1720. The SMILES string of the molecule is CCOc1cn(Cc2cnccc2C)nc1C(=O)Nc1ccc(Oc2ccnc3cc(OC)c(OC)cc23)cc1F. The third kappa shape index (κ3) is 5.88. The lowest BCUT2D eigenvalue weighted by molar-refractivity contribution is 0.101. The first-order valence-electron chi connectivity index (χ1n) is 12.8. The van der Waals surface area contributed by atoms with Gasteiger partial charge in [0.25, 0.3) is 5.91 Å². The molecular formula is C30H28FN5O5. The van der Waals surface area contributed by atoms with E-state index in [1.54, 1.807) is 67.8 Å². The molecule has 41 heavy (non-hydrogen) atoms. The zero-order valence-electron chi connectivity index (χ0n) is 23.0. The number of hydrogen-bond donors (Lipinski definition) is 1. The van der Waals surface area contributed by atoms with Gasteiger partial charge in [0.2, 0.25) is 0 Å². The van der Waals surface area contributed by atoms with Crippen LogP contribution in [0.1, 0.15) is 28.5 Å². The second-order valence-corrected chi connectivity index (χ2v) is 9.01. The first kappa shape index (κ1) is 27.4. The number of hydrogen-bond acceptors (Lipinski definition) is 8. The fourth-order valence-electron chi connectivity index (χ4n) is 4.24. The number of nitrogens with one attached hydrogen (secondary N) is 1. The second-order valence-electron chi connectivity index (χ2n) is 9.01. The molecule has 0 saturated carbocycles. The van der Waals surface area contributed by atoms with Gasteiger partial charge in [0.05, 0.1) is 44.8 Å². The molecule has 5 aromatic rings. The third-order valence-corrected chi connectivity index (χ3v) is 6.35. The summed E-state index contributed by atoms with van der Waals surface area (Å²) in [5.74, 6) is 0.716. The van der Waals surface area contributed by atoms with Gasteiger partial charge in [0.1, 0.15) is 17.3 Å². The van der Waals surface area contributed by atoms with Gasteiger partial charge in [-0.1, -0.05) is 0 Å². The zero-order chi connectivity index (χ0) is 28.9. The average Bonchev–Trinajstić information content (AvgIpc) is 3.37. The lowest BCUT2D eigenvalue weighted by Gasteiger charge is -2.13. The maximum absolute atomic E-state index is 15.1. The monoisotopic (exact) mass is 557 g/mol. The van der Waals surface area contributed by atoms with Crippen LogP contribution in [0.2, 0.25) is 0 Å². The van der Waals surface area contributed by atoms with Gasteiger partial charge in [0, 0.05) is 36.1 Å². The van der Waals surface area contributed by atoms with E-state index in [4.69, 9.17) is 18.9 Å². The fourth-order valence-corrected chi connectivity index (χ4v) is 4.24. The van der Waals surface area contributed by atoms with Gasteiger partial charge in [0.15, 0.2) is 22.9 Å². The highest BCUT2D eigenvalue weighted by Gasteiger charge is 2.20. The molecule has 3 aromatic heterocycles. The predicted molar refractivity (Wildman–Crippen MR) is 151 cm³/mol. The summed E-state index contributed by atoms with van der Waals surface area (Å²) in [5.41, 5.74) is 2.62. The van der Waals surface area contributed by atoms with Crippen LogP contribution in [0.15, 0.2) is 67.3 Å². The molecule has 0 aliphatic carbocycles. The largest absolute Gasteiger partial charge is 0.493 e. The number of carbonyl (C=O) groups excluding carboxylic acids is 1. The first-order chi connectivity index (χ1) is 19.9. The maximum Gasteiger partial charge on any atom is 0.280 e. The van der Waals surface area contributed by atoms with E-state index in [-0.39, 0.29) is 17.1 Å². The number of pyridine rings is 2. The average molecular weight is 558 g/mol. The van der Waals surface area contributed by atoms with Crippen molar-refractivity contribution in [2.45, 2.75) is 20.4 Å². The van der Waals surface area contributed by atoms with E-state index in [1.807, 2.05) is 13.0 Å². The Hall–Kier alpha value is -5.19. The number of amides is 1. The van der Waals surface area contributed by atoms with Crippen LogP contribution in [0.4, 0.5) is 10.1 Å². The molecular weight excluding hydrogens is 529 g/mol. The van der Waals surface area contributed by atoms with Crippen LogP contribution in [0.5, 0.6) is 28.7 Å². The Kier molecular flexibility index (Phi) is 7.95. The van der Waals surface area contributed by atoms with Gasteiger partial charge in [-0.25, -0.2) is 4.39 Å². The molecule has 1 N–H and O–H groups in total. The van der Waals surface area contributed by atoms with Crippen molar-refractivity contribution in [2.75, 3.05) is 26.1 Å². The van der Waals surface area contributed by atoms with Gasteiger partial charge in [-0.15, -0.1) is 0 Å². The number of halogens is 1. The molecule has 3 heterocycles. The molecule has 0 fully saturated rings. The van der Waals surface area contributed by atoms with Crippen LogP contribution >= 0.6 is 0 Å². The normalized spacial score (nSPS) is 10.9. The van der Waals surface area contributed by atoms with E-state index in [0.29, 0.717) is 47.1 Å². The highest BCUT2D eigenvalue weighted by atomic mass is 19.1. The summed E-state index contributed by atoms with van der Waals surface area (Å²) < 4.78 is 39.1. The van der Waals surface area contributed by atoms with Crippen molar-refractivity contribution in [1.82, 2.24) is 19.7 Å². The van der Waals surface area contributed by atoms with Gasteiger partial charge in [-0.3, -0.25) is 19.4 Å². The van der Waals surface area contributed by atoms with Crippen LogP contribution in [0, 0.1) is 12.7 Å². The van der Waals surface area contributed by atoms with Crippen molar-refractivity contribution < 1.29 is 28.1 Å². The molecule has 210 valence electrons. The minimum Gasteiger partial charge on any atom is -0.493 e. The van der Waals surface area contributed by atoms with Crippen molar-refractivity contribution in [2.24, 2.45) is 0 Å². The van der Waals surface area contributed by atoms with Crippen molar-refractivity contribution in [3.8, 4) is 28.7 Å². The molecule has 0 atom stereocenters. The van der Waals surface area contributed by atoms with Crippen LogP contribution in [0.25, 0.3) is 10.9 Å². The lowest BCUT2D eigenvalue weighted by atomic mass is 10.2. The van der Waals surface area contributed by atoms with E-state index >= 15 is 4.39 Å². The minimum absolute atomic E-state index is 0.0338. The number of fused-ring (bicyclic) bond motifs is 1. The topological polar surface area (TPSA) is 110 Å². The Labute approximate surface area is 235 Å². The summed E-state index contributed by atoms with van der Waals surface area (Å²) in [5, 5.41) is 7.64. The van der Waals surface area contributed by atoms with Crippen molar-refractivity contribution in [1.29, 1.82) is 0 Å². The summed E-state index contributed by atoms with van der Waals surface area (Å²) in [6, 6.07) is 11.2. The van der Waals surface area contributed by atoms with Gasteiger partial charge in [-0.05, 0) is 55.3 Å². The molecule has 11 heteroatoms. The molecule has 0 aliphatic heterocycles. The fraction of sp³-hybridized carbons (Fsp3) is 0.200. The van der Waals surface area contributed by atoms with E-state index in [9.17, 15) is 4.79 Å².